The second-order valence-electron chi connectivity index (χ2n) is 3.11. The highest BCUT2D eigenvalue weighted by molar-refractivity contribution is 7.15. The van der Waals surface area contributed by atoms with Crippen molar-refractivity contribution >= 4 is 22.9 Å². The highest BCUT2D eigenvalue weighted by Gasteiger charge is 2.01. The monoisotopic (exact) mass is 242 g/mol. The van der Waals surface area contributed by atoms with Crippen molar-refractivity contribution in [1.29, 1.82) is 0 Å². The Labute approximate surface area is 96.9 Å². The van der Waals surface area contributed by atoms with Gasteiger partial charge in [0.1, 0.15) is 9.34 Å². The quantitative estimate of drug-likeness (QED) is 0.890. The summed E-state index contributed by atoms with van der Waals surface area (Å²) in [5, 5.41) is 8.38. The molecule has 0 aliphatic rings. The summed E-state index contributed by atoms with van der Waals surface area (Å²) in [6.45, 7) is 1.52. The van der Waals surface area contributed by atoms with Gasteiger partial charge in [-0.2, -0.15) is 5.10 Å². The predicted molar refractivity (Wildman–Crippen MR) is 60.9 cm³/mol. The molecule has 2 rings (SSSR count). The fraction of sp³-hybridized carbons (Fsp3) is 0.333. The molecule has 0 aromatic carbocycles. The molecule has 2 aromatic heterocycles. The van der Waals surface area contributed by atoms with Crippen molar-refractivity contribution < 1.29 is 0 Å². The Morgan fingerprint density at radius 1 is 1.53 bits per heavy atom. The van der Waals surface area contributed by atoms with E-state index < -0.39 is 0 Å². The number of hydrogen-bond donors (Lipinski definition) is 1. The van der Waals surface area contributed by atoms with E-state index in [2.05, 4.69) is 15.4 Å². The zero-order valence-corrected chi connectivity index (χ0v) is 9.85. The third kappa shape index (κ3) is 2.77. The van der Waals surface area contributed by atoms with Crippen LogP contribution >= 0.6 is 22.9 Å². The molecule has 0 unspecified atom stereocenters. The first-order chi connectivity index (χ1) is 7.25. The van der Waals surface area contributed by atoms with Crippen molar-refractivity contribution in [2.24, 2.45) is 7.05 Å². The van der Waals surface area contributed by atoms with Gasteiger partial charge in [-0.05, 0) is 6.07 Å². The van der Waals surface area contributed by atoms with E-state index in [1.165, 1.54) is 11.3 Å². The zero-order chi connectivity index (χ0) is 10.7. The molecule has 0 radical (unpaired) electrons. The van der Waals surface area contributed by atoms with Crippen LogP contribution in [0.15, 0.2) is 18.5 Å². The molecule has 0 bridgehead atoms. The Kier molecular flexibility index (Phi) is 3.35. The zero-order valence-electron chi connectivity index (χ0n) is 8.27. The molecule has 0 amide bonds. The Bertz CT molecular complexity index is 437. The lowest BCUT2D eigenvalue weighted by atomic mass is 10.4. The van der Waals surface area contributed by atoms with Gasteiger partial charge in [-0.3, -0.25) is 4.68 Å². The molecule has 0 fully saturated rings. The first-order valence-corrected chi connectivity index (χ1v) is 5.73. The van der Waals surface area contributed by atoms with E-state index in [-0.39, 0.29) is 0 Å². The molecule has 4 nitrogen and oxygen atoms in total. The van der Waals surface area contributed by atoms with Crippen molar-refractivity contribution in [3.63, 3.8) is 0 Å². The molecular weight excluding hydrogens is 232 g/mol. The van der Waals surface area contributed by atoms with Crippen LogP contribution < -0.4 is 5.32 Å². The maximum absolute atomic E-state index is 5.78. The summed E-state index contributed by atoms with van der Waals surface area (Å²) in [6, 6.07) is 1.99. The lowest BCUT2D eigenvalue weighted by Crippen LogP contribution is -2.15. The van der Waals surface area contributed by atoms with Gasteiger partial charge in [0.15, 0.2) is 0 Å². The van der Waals surface area contributed by atoms with Crippen molar-refractivity contribution in [3.8, 4) is 0 Å². The molecular formula is C9H11ClN4S. The number of rotatable bonds is 4. The van der Waals surface area contributed by atoms with Gasteiger partial charge in [-0.15, -0.1) is 11.3 Å². The second-order valence-corrected chi connectivity index (χ2v) is 4.85. The van der Waals surface area contributed by atoms with E-state index >= 15 is 0 Å². The number of thiazole rings is 1. The fourth-order valence-corrected chi connectivity index (χ4v) is 2.17. The third-order valence-corrected chi connectivity index (χ3v) is 3.14. The van der Waals surface area contributed by atoms with Crippen LogP contribution in [-0.4, -0.2) is 14.8 Å². The van der Waals surface area contributed by atoms with E-state index in [0.29, 0.717) is 0 Å². The number of halogens is 1. The molecule has 0 aliphatic heterocycles. The van der Waals surface area contributed by atoms with Crippen molar-refractivity contribution in [2.45, 2.75) is 13.1 Å². The number of aryl methyl sites for hydroxylation is 1. The average Bonchev–Trinajstić information content (AvgIpc) is 2.77. The number of aromatic nitrogens is 3. The summed E-state index contributed by atoms with van der Waals surface area (Å²) in [7, 11) is 1.93. The van der Waals surface area contributed by atoms with Crippen LogP contribution in [0.1, 0.15) is 10.7 Å². The van der Waals surface area contributed by atoms with Crippen molar-refractivity contribution in [2.75, 3.05) is 0 Å². The highest BCUT2D eigenvalue weighted by atomic mass is 35.5. The maximum Gasteiger partial charge on any atom is 0.113 e. The first-order valence-electron chi connectivity index (χ1n) is 4.53. The lowest BCUT2D eigenvalue weighted by molar-refractivity contribution is 0.625. The van der Waals surface area contributed by atoms with Crippen LogP contribution in [0.3, 0.4) is 0 Å². The van der Waals surface area contributed by atoms with Crippen LogP contribution in [0, 0.1) is 0 Å². The number of nitrogens with one attached hydrogen (secondary N) is 1. The summed E-state index contributed by atoms with van der Waals surface area (Å²) in [6.07, 6.45) is 3.46. The van der Waals surface area contributed by atoms with Gasteiger partial charge in [0.25, 0.3) is 0 Å². The third-order valence-electron chi connectivity index (χ3n) is 2.03. The van der Waals surface area contributed by atoms with Crippen LogP contribution in [-0.2, 0) is 20.1 Å². The summed E-state index contributed by atoms with van der Waals surface area (Å²) < 4.78 is 2.58. The van der Waals surface area contributed by atoms with Crippen LogP contribution in [0.25, 0.3) is 0 Å². The minimum atomic E-state index is 0.729. The minimum Gasteiger partial charge on any atom is -0.305 e. The predicted octanol–water partition coefficient (Wildman–Crippen LogP) is 1.82. The molecule has 80 valence electrons. The average molecular weight is 243 g/mol. The van der Waals surface area contributed by atoms with Gasteiger partial charge in [-0.1, -0.05) is 11.6 Å². The Morgan fingerprint density at radius 2 is 2.40 bits per heavy atom. The van der Waals surface area contributed by atoms with Gasteiger partial charge >= 0.3 is 0 Å². The van der Waals surface area contributed by atoms with Gasteiger partial charge in [0.05, 0.1) is 11.9 Å². The molecule has 6 heteroatoms. The molecule has 0 spiro atoms. The molecule has 1 N–H and O–H groups in total. The standard InChI is InChI=1S/C9H11ClN4S/c1-14-7(2-3-13-14)4-11-6-9-12-5-8(10)15-9/h2-3,5,11H,4,6H2,1H3. The lowest BCUT2D eigenvalue weighted by Gasteiger charge is -2.02. The SMILES string of the molecule is Cn1nccc1CNCc1ncc(Cl)s1. The van der Waals surface area contributed by atoms with Gasteiger partial charge < -0.3 is 5.32 Å². The molecule has 0 saturated heterocycles. The fourth-order valence-electron chi connectivity index (χ4n) is 1.24. The molecule has 0 saturated carbocycles. The molecule has 2 heterocycles. The summed E-state index contributed by atoms with van der Waals surface area (Å²) in [5.74, 6) is 0. The van der Waals surface area contributed by atoms with E-state index in [4.69, 9.17) is 11.6 Å². The second kappa shape index (κ2) is 4.74. The maximum atomic E-state index is 5.78. The normalized spacial score (nSPS) is 10.8. The Balaban J connectivity index is 1.83. The van der Waals surface area contributed by atoms with E-state index in [1.807, 2.05) is 17.8 Å². The number of nitrogens with zero attached hydrogens (tertiary/aromatic N) is 3. The molecule has 0 atom stereocenters. The smallest absolute Gasteiger partial charge is 0.113 e. The van der Waals surface area contributed by atoms with E-state index in [1.54, 1.807) is 12.4 Å². The topological polar surface area (TPSA) is 42.7 Å². The van der Waals surface area contributed by atoms with E-state index in [9.17, 15) is 0 Å². The molecule has 0 aliphatic carbocycles. The summed E-state index contributed by atoms with van der Waals surface area (Å²) >= 11 is 7.28. The summed E-state index contributed by atoms with van der Waals surface area (Å²) in [4.78, 5) is 4.16. The Morgan fingerprint density at radius 3 is 3.00 bits per heavy atom. The number of hydrogen-bond acceptors (Lipinski definition) is 4. The van der Waals surface area contributed by atoms with Crippen molar-refractivity contribution in [3.05, 3.63) is 33.5 Å². The first kappa shape index (κ1) is 10.6. The van der Waals surface area contributed by atoms with Gasteiger partial charge in [0.2, 0.25) is 0 Å². The van der Waals surface area contributed by atoms with Crippen LogP contribution in [0.4, 0.5) is 0 Å². The van der Waals surface area contributed by atoms with Crippen molar-refractivity contribution in [1.82, 2.24) is 20.1 Å². The molecule has 15 heavy (non-hydrogen) atoms. The minimum absolute atomic E-state index is 0.729. The van der Waals surface area contributed by atoms with Gasteiger partial charge in [0, 0.05) is 26.3 Å². The largest absolute Gasteiger partial charge is 0.305 e. The van der Waals surface area contributed by atoms with Crippen LogP contribution in [0.2, 0.25) is 4.34 Å². The summed E-state index contributed by atoms with van der Waals surface area (Å²) in [5.41, 5.74) is 1.15. The van der Waals surface area contributed by atoms with Gasteiger partial charge in [-0.25, -0.2) is 4.98 Å². The highest BCUT2D eigenvalue weighted by Crippen LogP contribution is 2.17. The van der Waals surface area contributed by atoms with Crippen LogP contribution in [0.5, 0.6) is 0 Å². The Hall–Kier alpha value is -0.910. The molecule has 2 aromatic rings. The van der Waals surface area contributed by atoms with E-state index in [0.717, 1.165) is 28.1 Å².